The molecule has 9 heteroatoms. The van der Waals surface area contributed by atoms with Crippen LogP contribution < -0.4 is 9.80 Å². The van der Waals surface area contributed by atoms with Gasteiger partial charge in [-0.25, -0.2) is 0 Å². The fraction of sp³-hybridized carbons (Fsp3) is 0.250. The zero-order chi connectivity index (χ0) is 20.0. The number of hydrogen-bond donors (Lipinski definition) is 0. The van der Waals surface area contributed by atoms with Crippen molar-refractivity contribution >= 4 is 45.4 Å². The van der Waals surface area contributed by atoms with Crippen molar-refractivity contribution in [2.75, 3.05) is 16.5 Å². The quantitative estimate of drug-likeness (QED) is 0.457. The van der Waals surface area contributed by atoms with Gasteiger partial charge in [-0.05, 0) is 24.6 Å². The molecular weight excluding hydrogens is 408 g/mol. The Morgan fingerprint density at radius 2 is 1.90 bits per heavy atom. The predicted octanol–water partition coefficient (Wildman–Crippen LogP) is 4.47. The van der Waals surface area contributed by atoms with E-state index in [1.165, 1.54) is 11.3 Å². The van der Waals surface area contributed by atoms with Crippen molar-refractivity contribution < 1.29 is 4.79 Å². The van der Waals surface area contributed by atoms with Crippen molar-refractivity contribution in [2.24, 2.45) is 10.2 Å². The molecule has 0 spiro atoms. The molecule has 0 saturated carbocycles. The van der Waals surface area contributed by atoms with Crippen LogP contribution in [0.3, 0.4) is 0 Å². The molecule has 2 aromatic carbocycles. The molecule has 3 heterocycles. The minimum atomic E-state index is -0.650. The average Bonchev–Trinajstić information content (AvgIpc) is 3.21. The fourth-order valence-corrected chi connectivity index (χ4v) is 5.03. The van der Waals surface area contributed by atoms with E-state index in [9.17, 15) is 4.79 Å². The molecule has 0 N–H and O–H groups in total. The maximum atomic E-state index is 12.6. The number of azo groups is 1. The number of alkyl halides is 1. The van der Waals surface area contributed by atoms with E-state index in [0.717, 1.165) is 21.9 Å². The van der Waals surface area contributed by atoms with E-state index in [0.29, 0.717) is 18.3 Å². The highest BCUT2D eigenvalue weighted by Crippen LogP contribution is 2.48. The Labute approximate surface area is 176 Å². The summed E-state index contributed by atoms with van der Waals surface area (Å²) in [5, 5.41) is 17.7. The van der Waals surface area contributed by atoms with E-state index in [1.807, 2.05) is 61.5 Å². The minimum Gasteiger partial charge on any atom is -0.342 e. The van der Waals surface area contributed by atoms with E-state index in [-0.39, 0.29) is 5.91 Å². The third kappa shape index (κ3) is 2.82. The van der Waals surface area contributed by atoms with Crippen molar-refractivity contribution in [3.8, 4) is 0 Å². The number of amides is 1. The summed E-state index contributed by atoms with van der Waals surface area (Å²) in [7, 11) is 0. The van der Waals surface area contributed by atoms with Gasteiger partial charge in [0, 0.05) is 0 Å². The van der Waals surface area contributed by atoms with Crippen LogP contribution in [-0.2, 0) is 16.9 Å². The highest BCUT2D eigenvalue weighted by atomic mass is 35.5. The van der Waals surface area contributed by atoms with Crippen LogP contribution >= 0.6 is 22.9 Å². The molecule has 2 aliphatic rings. The van der Waals surface area contributed by atoms with E-state index in [2.05, 4.69) is 25.3 Å². The molecule has 146 valence electrons. The number of para-hydroxylation sites is 1. The van der Waals surface area contributed by atoms with Crippen LogP contribution in [0, 0.1) is 0 Å². The van der Waals surface area contributed by atoms with E-state index in [4.69, 9.17) is 11.6 Å². The Balaban J connectivity index is 1.42. The van der Waals surface area contributed by atoms with Crippen LogP contribution in [0.4, 0.5) is 16.5 Å². The van der Waals surface area contributed by atoms with Crippen LogP contribution in [-0.4, -0.2) is 28.2 Å². The zero-order valence-electron chi connectivity index (χ0n) is 15.6. The first-order valence-electron chi connectivity index (χ1n) is 9.16. The van der Waals surface area contributed by atoms with Crippen LogP contribution in [0.25, 0.3) is 0 Å². The van der Waals surface area contributed by atoms with Crippen molar-refractivity contribution in [1.82, 2.24) is 10.2 Å². The molecule has 0 radical (unpaired) electrons. The summed E-state index contributed by atoms with van der Waals surface area (Å²) in [6.45, 7) is 2.96. The maximum absolute atomic E-state index is 12.6. The van der Waals surface area contributed by atoms with Gasteiger partial charge in [0.1, 0.15) is 22.7 Å². The monoisotopic (exact) mass is 424 g/mol. The SMILES string of the molecule is CC1(c2ccccc2)C(Cl)C(=O)N1c1nnc(CN2CN=Nc3ccccc32)s1. The minimum absolute atomic E-state index is 0.155. The van der Waals surface area contributed by atoms with Gasteiger partial charge in [-0.2, -0.15) is 10.2 Å². The number of β-lactam (4-membered cyclic amide) rings is 1. The first-order valence-corrected chi connectivity index (χ1v) is 10.4. The van der Waals surface area contributed by atoms with Crippen molar-refractivity contribution in [2.45, 2.75) is 24.4 Å². The van der Waals surface area contributed by atoms with Crippen molar-refractivity contribution in [1.29, 1.82) is 0 Å². The third-order valence-electron chi connectivity index (χ3n) is 5.36. The number of anilines is 2. The second kappa shape index (κ2) is 6.89. The number of fused-ring (bicyclic) bond motifs is 1. The number of carbonyl (C=O) groups is 1. The van der Waals surface area contributed by atoms with E-state index >= 15 is 0 Å². The molecule has 7 nitrogen and oxygen atoms in total. The number of benzene rings is 2. The number of carbonyl (C=O) groups excluding carboxylic acids is 1. The summed E-state index contributed by atoms with van der Waals surface area (Å²) < 4.78 is 0. The zero-order valence-corrected chi connectivity index (χ0v) is 17.1. The lowest BCUT2D eigenvalue weighted by Gasteiger charge is -2.52. The second-order valence-corrected chi connectivity index (χ2v) is 8.57. The molecule has 1 amide bonds. The van der Waals surface area contributed by atoms with Crippen LogP contribution in [0.5, 0.6) is 0 Å². The summed E-state index contributed by atoms with van der Waals surface area (Å²) in [5.41, 5.74) is 2.17. The predicted molar refractivity (Wildman–Crippen MR) is 113 cm³/mol. The number of hydrogen-bond acceptors (Lipinski definition) is 7. The van der Waals surface area contributed by atoms with Gasteiger partial charge in [-0.1, -0.05) is 53.8 Å². The number of nitrogens with zero attached hydrogens (tertiary/aromatic N) is 6. The first kappa shape index (κ1) is 18.2. The second-order valence-electron chi connectivity index (χ2n) is 7.10. The lowest BCUT2D eigenvalue weighted by Crippen LogP contribution is -2.69. The smallest absolute Gasteiger partial charge is 0.250 e. The maximum Gasteiger partial charge on any atom is 0.250 e. The van der Waals surface area contributed by atoms with Gasteiger partial charge in [-0.15, -0.1) is 21.8 Å². The topological polar surface area (TPSA) is 74.1 Å². The first-order chi connectivity index (χ1) is 14.1. The lowest BCUT2D eigenvalue weighted by molar-refractivity contribution is -0.126. The highest BCUT2D eigenvalue weighted by molar-refractivity contribution is 7.15. The molecule has 1 saturated heterocycles. The van der Waals surface area contributed by atoms with Gasteiger partial charge >= 0.3 is 0 Å². The normalized spacial score (nSPS) is 23.1. The van der Waals surface area contributed by atoms with Crippen LogP contribution in [0.1, 0.15) is 17.5 Å². The Bertz CT molecular complexity index is 1100. The van der Waals surface area contributed by atoms with Crippen LogP contribution in [0.15, 0.2) is 64.8 Å². The fourth-order valence-electron chi connectivity index (χ4n) is 3.75. The molecule has 0 bridgehead atoms. The molecule has 3 aromatic rings. The Kier molecular flexibility index (Phi) is 4.33. The van der Waals surface area contributed by atoms with Gasteiger partial charge in [0.15, 0.2) is 0 Å². The van der Waals surface area contributed by atoms with E-state index < -0.39 is 10.9 Å². The number of aromatic nitrogens is 2. The molecule has 0 aliphatic carbocycles. The standard InChI is InChI=1S/C20H17ClN6OS/c1-20(13-7-3-2-4-8-13)17(21)18(28)27(20)19-25-24-16(29-19)11-26-12-22-23-14-9-5-6-10-15(14)26/h2-10,17H,11-12H2,1H3. The molecule has 29 heavy (non-hydrogen) atoms. The molecule has 2 atom stereocenters. The number of rotatable bonds is 4. The lowest BCUT2D eigenvalue weighted by atomic mass is 9.79. The van der Waals surface area contributed by atoms with E-state index in [1.54, 1.807) is 4.90 Å². The van der Waals surface area contributed by atoms with Gasteiger partial charge in [0.05, 0.1) is 17.8 Å². The summed E-state index contributed by atoms with van der Waals surface area (Å²) in [4.78, 5) is 16.4. The molecule has 2 aliphatic heterocycles. The molecule has 5 rings (SSSR count). The van der Waals surface area contributed by atoms with Gasteiger partial charge in [0.2, 0.25) is 5.13 Å². The van der Waals surface area contributed by atoms with Gasteiger partial charge < -0.3 is 4.90 Å². The summed E-state index contributed by atoms with van der Waals surface area (Å²) >= 11 is 7.84. The average molecular weight is 425 g/mol. The van der Waals surface area contributed by atoms with Crippen molar-refractivity contribution in [3.63, 3.8) is 0 Å². The molecule has 2 unspecified atom stereocenters. The number of halogens is 1. The van der Waals surface area contributed by atoms with Gasteiger partial charge in [-0.3, -0.25) is 9.69 Å². The molecule has 1 aromatic heterocycles. The Morgan fingerprint density at radius 3 is 2.72 bits per heavy atom. The van der Waals surface area contributed by atoms with Crippen molar-refractivity contribution in [3.05, 3.63) is 65.2 Å². The highest BCUT2D eigenvalue weighted by Gasteiger charge is 2.59. The summed E-state index contributed by atoms with van der Waals surface area (Å²) in [5.74, 6) is -0.155. The molecular formula is C20H17ClN6OS. The Morgan fingerprint density at radius 1 is 1.14 bits per heavy atom. The summed E-state index contributed by atoms with van der Waals surface area (Å²) in [6, 6.07) is 17.6. The summed E-state index contributed by atoms with van der Waals surface area (Å²) in [6.07, 6.45) is 0. The van der Waals surface area contributed by atoms with Gasteiger partial charge in [0.25, 0.3) is 5.91 Å². The van der Waals surface area contributed by atoms with Crippen LogP contribution in [0.2, 0.25) is 0 Å². The third-order valence-corrected chi connectivity index (χ3v) is 6.87. The largest absolute Gasteiger partial charge is 0.342 e. The Hall–Kier alpha value is -2.84. The molecule has 1 fully saturated rings.